The molecule has 34 heavy (non-hydrogen) atoms. The van der Waals surface area contributed by atoms with Crippen LogP contribution < -0.4 is 14.4 Å². The molecular formula is C28H28FNO4. The predicted molar refractivity (Wildman–Crippen MR) is 129 cm³/mol. The molecule has 0 aliphatic carbocycles. The largest absolute Gasteiger partial charge is 0.493 e. The molecule has 176 valence electrons. The highest BCUT2D eigenvalue weighted by molar-refractivity contribution is 5.72. The van der Waals surface area contributed by atoms with Crippen LogP contribution in [0.4, 0.5) is 15.8 Å². The summed E-state index contributed by atoms with van der Waals surface area (Å²) in [6.07, 6.45) is 1.84. The number of carboxylic acid groups (broad SMARTS) is 1. The number of halogens is 1. The Morgan fingerprint density at radius 3 is 2.59 bits per heavy atom. The van der Waals surface area contributed by atoms with Crippen LogP contribution in [0, 0.1) is 5.82 Å². The van der Waals surface area contributed by atoms with Crippen molar-refractivity contribution in [3.63, 3.8) is 0 Å². The first-order valence-corrected chi connectivity index (χ1v) is 11.8. The van der Waals surface area contributed by atoms with Crippen molar-refractivity contribution in [1.29, 1.82) is 0 Å². The third kappa shape index (κ3) is 4.32. The zero-order valence-electron chi connectivity index (χ0n) is 19.2. The zero-order chi connectivity index (χ0) is 23.7. The molecule has 0 fully saturated rings. The van der Waals surface area contributed by atoms with Gasteiger partial charge in [0.2, 0.25) is 0 Å². The van der Waals surface area contributed by atoms with Crippen LogP contribution in [0.2, 0.25) is 0 Å². The monoisotopic (exact) mass is 461 g/mol. The minimum Gasteiger partial charge on any atom is -0.493 e. The average Bonchev–Trinajstić information content (AvgIpc) is 3.42. The van der Waals surface area contributed by atoms with Gasteiger partial charge in [0.1, 0.15) is 17.3 Å². The van der Waals surface area contributed by atoms with Gasteiger partial charge in [-0.25, -0.2) is 4.39 Å². The van der Waals surface area contributed by atoms with E-state index in [4.69, 9.17) is 14.6 Å². The van der Waals surface area contributed by atoms with Gasteiger partial charge in [-0.2, -0.15) is 0 Å². The summed E-state index contributed by atoms with van der Waals surface area (Å²) in [6.45, 7) is 3.94. The Kier molecular flexibility index (Phi) is 6.14. The summed E-state index contributed by atoms with van der Waals surface area (Å²) in [5.74, 6) is 0.754. The SMILES string of the molecule is CCCN(c1ccc(F)cc1)c1cccc2c1OCC2Cc1ccc2c(c1)OC[C@H]2CC(=O)O. The van der Waals surface area contributed by atoms with Crippen LogP contribution in [0.1, 0.15) is 48.3 Å². The number of nitrogens with zero attached hydrogens (tertiary/aromatic N) is 1. The van der Waals surface area contributed by atoms with E-state index in [0.29, 0.717) is 13.2 Å². The Balaban J connectivity index is 1.39. The summed E-state index contributed by atoms with van der Waals surface area (Å²) in [5.41, 5.74) is 5.24. The maximum atomic E-state index is 13.5. The number of carboxylic acids is 1. The first-order valence-electron chi connectivity index (χ1n) is 11.8. The number of hydrogen-bond acceptors (Lipinski definition) is 4. The molecular weight excluding hydrogens is 433 g/mol. The summed E-state index contributed by atoms with van der Waals surface area (Å²) in [4.78, 5) is 13.3. The number of hydrogen-bond donors (Lipinski definition) is 1. The number of para-hydroxylation sites is 1. The van der Waals surface area contributed by atoms with Gasteiger partial charge in [-0.05, 0) is 54.8 Å². The lowest BCUT2D eigenvalue weighted by Gasteiger charge is -2.26. The van der Waals surface area contributed by atoms with Crippen molar-refractivity contribution in [2.24, 2.45) is 0 Å². The van der Waals surface area contributed by atoms with Crippen molar-refractivity contribution in [2.75, 3.05) is 24.7 Å². The number of aliphatic carboxylic acids is 1. The molecule has 3 aromatic carbocycles. The quantitative estimate of drug-likeness (QED) is 0.443. The van der Waals surface area contributed by atoms with Crippen LogP contribution in [0.5, 0.6) is 11.5 Å². The molecule has 5 nitrogen and oxygen atoms in total. The lowest BCUT2D eigenvalue weighted by atomic mass is 9.91. The number of fused-ring (bicyclic) bond motifs is 2. The van der Waals surface area contributed by atoms with E-state index in [1.807, 2.05) is 12.1 Å². The molecule has 0 radical (unpaired) electrons. The smallest absolute Gasteiger partial charge is 0.304 e. The van der Waals surface area contributed by atoms with E-state index in [9.17, 15) is 9.18 Å². The van der Waals surface area contributed by atoms with Crippen LogP contribution in [0.15, 0.2) is 60.7 Å². The first-order chi connectivity index (χ1) is 16.5. The van der Waals surface area contributed by atoms with Gasteiger partial charge in [0.15, 0.2) is 0 Å². The van der Waals surface area contributed by atoms with Crippen molar-refractivity contribution in [3.8, 4) is 11.5 Å². The molecule has 0 saturated carbocycles. The van der Waals surface area contributed by atoms with Gasteiger partial charge in [0.05, 0.1) is 25.3 Å². The van der Waals surface area contributed by atoms with Crippen molar-refractivity contribution in [1.82, 2.24) is 0 Å². The average molecular weight is 462 g/mol. The normalized spacial score (nSPS) is 18.1. The molecule has 2 aliphatic rings. The van der Waals surface area contributed by atoms with Gasteiger partial charge in [-0.3, -0.25) is 4.79 Å². The third-order valence-electron chi connectivity index (χ3n) is 6.63. The van der Waals surface area contributed by atoms with Gasteiger partial charge >= 0.3 is 5.97 Å². The fourth-order valence-corrected chi connectivity index (χ4v) is 5.02. The highest BCUT2D eigenvalue weighted by Crippen LogP contribution is 2.45. The standard InChI is InChI=1S/C28H28FNO4/c1-2-12-30(22-9-7-21(29)8-10-22)25-5-3-4-24-19(17-34-28(24)25)13-18-6-11-23-20(15-27(31)32)16-33-26(23)14-18/h3-11,14,19-20H,2,12-13,15-17H2,1H3,(H,31,32)/t19?,20-/m1/s1. The predicted octanol–water partition coefficient (Wildman–Crippen LogP) is 6.04. The molecule has 0 spiro atoms. The van der Waals surface area contributed by atoms with E-state index in [2.05, 4.69) is 36.1 Å². The highest BCUT2D eigenvalue weighted by Gasteiger charge is 2.30. The minimum absolute atomic E-state index is 0.0846. The number of ether oxygens (including phenoxy) is 2. The second-order valence-corrected chi connectivity index (χ2v) is 9.01. The number of rotatable bonds is 8. The molecule has 0 bridgehead atoms. The maximum absolute atomic E-state index is 13.5. The lowest BCUT2D eigenvalue weighted by molar-refractivity contribution is -0.137. The molecule has 3 aromatic rings. The zero-order valence-corrected chi connectivity index (χ0v) is 19.2. The van der Waals surface area contributed by atoms with Crippen molar-refractivity contribution >= 4 is 17.3 Å². The molecule has 2 heterocycles. The molecule has 2 atom stereocenters. The van der Waals surface area contributed by atoms with E-state index in [-0.39, 0.29) is 24.1 Å². The Morgan fingerprint density at radius 2 is 1.82 bits per heavy atom. The van der Waals surface area contributed by atoms with E-state index >= 15 is 0 Å². The topological polar surface area (TPSA) is 59.0 Å². The molecule has 1 unspecified atom stereocenters. The first kappa shape index (κ1) is 22.3. The number of anilines is 2. The van der Waals surface area contributed by atoms with Gasteiger partial charge < -0.3 is 19.5 Å². The second-order valence-electron chi connectivity index (χ2n) is 9.01. The van der Waals surface area contributed by atoms with Crippen LogP contribution in [0.3, 0.4) is 0 Å². The van der Waals surface area contributed by atoms with Gasteiger partial charge in [-0.15, -0.1) is 0 Å². The number of carbonyl (C=O) groups is 1. The minimum atomic E-state index is -0.807. The van der Waals surface area contributed by atoms with Crippen LogP contribution >= 0.6 is 0 Å². The Labute approximate surface area is 198 Å². The van der Waals surface area contributed by atoms with Gasteiger partial charge in [-0.1, -0.05) is 31.2 Å². The molecule has 1 N–H and O–H groups in total. The third-order valence-corrected chi connectivity index (χ3v) is 6.63. The fraction of sp³-hybridized carbons (Fsp3) is 0.321. The van der Waals surface area contributed by atoms with Crippen molar-refractivity contribution in [2.45, 2.75) is 38.0 Å². The fourth-order valence-electron chi connectivity index (χ4n) is 5.02. The molecule has 0 amide bonds. The Bertz CT molecular complexity index is 1190. The summed E-state index contributed by atoms with van der Waals surface area (Å²) in [5, 5.41) is 9.13. The van der Waals surface area contributed by atoms with Gasteiger partial charge in [0.25, 0.3) is 0 Å². The highest BCUT2D eigenvalue weighted by atomic mass is 19.1. The summed E-state index contributed by atoms with van der Waals surface area (Å²) in [7, 11) is 0. The number of benzene rings is 3. The van der Waals surface area contributed by atoms with Gasteiger partial charge in [0, 0.05) is 35.2 Å². The van der Waals surface area contributed by atoms with Crippen LogP contribution in [-0.4, -0.2) is 30.8 Å². The summed E-state index contributed by atoms with van der Waals surface area (Å²) >= 11 is 0. The molecule has 2 aliphatic heterocycles. The lowest BCUT2D eigenvalue weighted by Crippen LogP contribution is -2.18. The van der Waals surface area contributed by atoms with E-state index in [1.165, 1.54) is 17.7 Å². The molecule has 5 rings (SSSR count). The molecule has 0 saturated heterocycles. The van der Waals surface area contributed by atoms with E-state index in [0.717, 1.165) is 53.4 Å². The van der Waals surface area contributed by atoms with Crippen LogP contribution in [-0.2, 0) is 11.2 Å². The Morgan fingerprint density at radius 1 is 1.03 bits per heavy atom. The second kappa shape index (κ2) is 9.37. The summed E-state index contributed by atoms with van der Waals surface area (Å²) < 4.78 is 25.5. The van der Waals surface area contributed by atoms with E-state index < -0.39 is 5.97 Å². The summed E-state index contributed by atoms with van der Waals surface area (Å²) in [6, 6.07) is 19.0. The van der Waals surface area contributed by atoms with Crippen LogP contribution in [0.25, 0.3) is 0 Å². The Hall–Kier alpha value is -3.54. The molecule has 6 heteroatoms. The van der Waals surface area contributed by atoms with Crippen molar-refractivity contribution in [3.05, 3.63) is 83.2 Å². The van der Waals surface area contributed by atoms with E-state index in [1.54, 1.807) is 12.1 Å². The maximum Gasteiger partial charge on any atom is 0.304 e. The molecule has 0 aromatic heterocycles. The van der Waals surface area contributed by atoms with Crippen molar-refractivity contribution < 1.29 is 23.8 Å².